The lowest BCUT2D eigenvalue weighted by Crippen LogP contribution is -2.38. The van der Waals surface area contributed by atoms with Crippen molar-refractivity contribution in [2.24, 2.45) is 0 Å². The summed E-state index contributed by atoms with van der Waals surface area (Å²) in [4.78, 5) is 10.8. The molecule has 7 nitrogen and oxygen atoms in total. The van der Waals surface area contributed by atoms with Crippen LogP contribution in [-0.2, 0) is 21.2 Å². The molecule has 0 saturated heterocycles. The minimum atomic E-state index is -4.31. The lowest BCUT2D eigenvalue weighted by molar-refractivity contribution is -0.138. The molecule has 0 spiro atoms. The van der Waals surface area contributed by atoms with Crippen molar-refractivity contribution in [1.29, 1.82) is 0 Å². The van der Waals surface area contributed by atoms with Crippen molar-refractivity contribution in [3.05, 3.63) is 28.8 Å². The molecule has 0 aromatic heterocycles. The molecule has 1 unspecified atom stereocenters. The van der Waals surface area contributed by atoms with Gasteiger partial charge in [-0.15, -0.1) is 0 Å². The summed E-state index contributed by atoms with van der Waals surface area (Å²) < 4.78 is 28.1. The van der Waals surface area contributed by atoms with Gasteiger partial charge in [-0.3, -0.25) is 4.79 Å². The molecule has 29 heavy (non-hydrogen) atoms. The minimum Gasteiger partial charge on any atom is -0.507 e. The Kier molecular flexibility index (Phi) is 7.71. The second-order valence-corrected chi connectivity index (χ2v) is 9.45. The number of hydrogen-bond donors (Lipinski definition) is 4. The second-order valence-electron chi connectivity index (χ2n) is 7.80. The largest absolute Gasteiger partial charge is 0.507 e. The van der Waals surface area contributed by atoms with Gasteiger partial charge in [0.25, 0.3) is 0 Å². The Hall–Kier alpha value is -2.06. The van der Waals surface area contributed by atoms with Crippen LogP contribution in [-0.4, -0.2) is 35.7 Å². The summed E-state index contributed by atoms with van der Waals surface area (Å²) in [6, 6.07) is 0.0552. The number of aliphatic carboxylic acids is 1. The third-order valence-corrected chi connectivity index (χ3v) is 6.97. The first kappa shape index (κ1) is 23.2. The van der Waals surface area contributed by atoms with E-state index in [4.69, 9.17) is 5.11 Å². The van der Waals surface area contributed by atoms with Crippen LogP contribution in [0.2, 0.25) is 0 Å². The Bertz CT molecular complexity index is 891. The van der Waals surface area contributed by atoms with Gasteiger partial charge >= 0.3 is 5.97 Å². The van der Waals surface area contributed by atoms with Crippen LogP contribution in [0, 0.1) is 0 Å². The van der Waals surface area contributed by atoms with Crippen LogP contribution in [0.15, 0.2) is 22.6 Å². The lowest BCUT2D eigenvalue weighted by atomic mass is 9.84. The quantitative estimate of drug-likeness (QED) is 0.352. The summed E-state index contributed by atoms with van der Waals surface area (Å²) in [7, 11) is -4.31. The molecule has 1 aromatic carbocycles. The van der Waals surface area contributed by atoms with E-state index in [1.54, 1.807) is 0 Å². The number of phenols is 2. The highest BCUT2D eigenvalue weighted by molar-refractivity contribution is 7.89. The molecule has 1 aromatic rings. The fourth-order valence-corrected chi connectivity index (χ4v) is 5.36. The number of unbranched alkanes of at least 4 members (excludes halogenated alkanes) is 2. The number of nitrogens with one attached hydrogen (secondary N) is 1. The summed E-state index contributed by atoms with van der Waals surface area (Å²) in [5.41, 5.74) is 1.60. The van der Waals surface area contributed by atoms with Crippen LogP contribution >= 0.6 is 0 Å². The minimum absolute atomic E-state index is 0.129. The molecule has 162 valence electrons. The SMILES string of the molecule is CCCCCc1cc(O)c(C2C=C(C)CCC2)c(O)c1S(=O)(=O)N[C@@H](C)C(=O)O. The summed E-state index contributed by atoms with van der Waals surface area (Å²) in [5.74, 6) is -2.22. The van der Waals surface area contributed by atoms with E-state index in [1.807, 2.05) is 19.9 Å². The maximum Gasteiger partial charge on any atom is 0.321 e. The molecule has 0 fully saturated rings. The number of hydrogen-bond acceptors (Lipinski definition) is 5. The Labute approximate surface area is 172 Å². The lowest BCUT2D eigenvalue weighted by Gasteiger charge is -2.24. The maximum absolute atomic E-state index is 13.0. The highest BCUT2D eigenvalue weighted by Crippen LogP contribution is 2.45. The van der Waals surface area contributed by atoms with E-state index < -0.39 is 27.8 Å². The zero-order chi connectivity index (χ0) is 21.8. The van der Waals surface area contributed by atoms with Crippen molar-refractivity contribution >= 4 is 16.0 Å². The van der Waals surface area contributed by atoms with Crippen molar-refractivity contribution in [1.82, 2.24) is 4.72 Å². The highest BCUT2D eigenvalue weighted by Gasteiger charge is 2.32. The van der Waals surface area contributed by atoms with Crippen molar-refractivity contribution in [3.63, 3.8) is 0 Å². The van der Waals surface area contributed by atoms with Gasteiger partial charge in [-0.05, 0) is 57.6 Å². The van der Waals surface area contributed by atoms with Crippen LogP contribution in [0.4, 0.5) is 0 Å². The van der Waals surface area contributed by atoms with E-state index in [0.29, 0.717) is 24.8 Å². The highest BCUT2D eigenvalue weighted by atomic mass is 32.2. The number of rotatable bonds is 9. The fourth-order valence-electron chi connectivity index (χ4n) is 3.80. The number of carboxylic acid groups (broad SMARTS) is 1. The molecule has 0 amide bonds. The molecule has 4 N–H and O–H groups in total. The third-order valence-electron chi connectivity index (χ3n) is 5.31. The van der Waals surface area contributed by atoms with Crippen LogP contribution in [0.1, 0.15) is 76.3 Å². The van der Waals surface area contributed by atoms with Gasteiger partial charge in [0.2, 0.25) is 10.0 Å². The zero-order valence-corrected chi connectivity index (χ0v) is 18.1. The summed E-state index contributed by atoms with van der Waals surface area (Å²) >= 11 is 0. The summed E-state index contributed by atoms with van der Waals surface area (Å²) in [6.45, 7) is 5.21. The first-order valence-corrected chi connectivity index (χ1v) is 11.6. The number of benzene rings is 1. The van der Waals surface area contributed by atoms with Gasteiger partial charge in [0.1, 0.15) is 22.4 Å². The van der Waals surface area contributed by atoms with Gasteiger partial charge in [0.15, 0.2) is 0 Å². The number of allylic oxidation sites excluding steroid dienone is 2. The Balaban J connectivity index is 2.62. The zero-order valence-electron chi connectivity index (χ0n) is 17.2. The molecule has 1 aliphatic rings. The predicted octanol–water partition coefficient (Wildman–Crippen LogP) is 3.80. The van der Waals surface area contributed by atoms with Crippen molar-refractivity contribution in [2.45, 2.75) is 82.6 Å². The smallest absolute Gasteiger partial charge is 0.321 e. The van der Waals surface area contributed by atoms with Gasteiger partial charge < -0.3 is 15.3 Å². The molecular weight excluding hydrogens is 394 g/mol. The number of sulfonamides is 1. The number of carboxylic acids is 1. The van der Waals surface area contributed by atoms with Crippen LogP contribution in [0.5, 0.6) is 11.5 Å². The van der Waals surface area contributed by atoms with E-state index in [9.17, 15) is 23.4 Å². The van der Waals surface area contributed by atoms with Gasteiger partial charge in [0.05, 0.1) is 0 Å². The standard InChI is InChI=1S/C21H31NO6S/c1-4-5-6-9-16-12-17(23)18(15-10-7-8-13(2)11-15)19(24)20(16)29(27,28)22-14(3)21(25)26/h11-12,14-15,22-24H,4-10H2,1-3H3,(H,25,26)/t14-,15?/m0/s1. The maximum atomic E-state index is 13.0. The van der Waals surface area contributed by atoms with E-state index >= 15 is 0 Å². The van der Waals surface area contributed by atoms with E-state index in [1.165, 1.54) is 13.0 Å². The molecule has 0 radical (unpaired) electrons. The third kappa shape index (κ3) is 5.51. The molecule has 0 heterocycles. The molecule has 1 aliphatic carbocycles. The van der Waals surface area contributed by atoms with Gasteiger partial charge in [0, 0.05) is 11.5 Å². The molecule has 0 bridgehead atoms. The topological polar surface area (TPSA) is 124 Å². The normalized spacial score (nSPS) is 18.3. The first-order valence-electron chi connectivity index (χ1n) is 10.1. The van der Waals surface area contributed by atoms with Gasteiger partial charge in [-0.25, -0.2) is 8.42 Å². The molecule has 2 atom stereocenters. The van der Waals surface area contributed by atoms with Crippen molar-refractivity contribution in [2.75, 3.05) is 0 Å². The fraction of sp³-hybridized carbons (Fsp3) is 0.571. The molecule has 2 rings (SSSR count). The summed E-state index contributed by atoms with van der Waals surface area (Å²) in [6.07, 6.45) is 7.27. The average molecular weight is 426 g/mol. The molecular formula is C21H31NO6S. The van der Waals surface area contributed by atoms with Crippen molar-refractivity contribution in [3.8, 4) is 11.5 Å². The average Bonchev–Trinajstić information content (AvgIpc) is 2.61. The predicted molar refractivity (Wildman–Crippen MR) is 111 cm³/mol. The number of aromatic hydroxyl groups is 2. The van der Waals surface area contributed by atoms with E-state index in [-0.39, 0.29) is 22.1 Å². The van der Waals surface area contributed by atoms with Gasteiger partial charge in [-0.2, -0.15) is 4.72 Å². The monoisotopic (exact) mass is 425 g/mol. The van der Waals surface area contributed by atoms with E-state index in [0.717, 1.165) is 31.3 Å². The Morgan fingerprint density at radius 2 is 2.00 bits per heavy atom. The van der Waals surface area contributed by atoms with Crippen LogP contribution in [0.3, 0.4) is 0 Å². The second kappa shape index (κ2) is 9.63. The Morgan fingerprint density at radius 1 is 1.31 bits per heavy atom. The summed E-state index contributed by atoms with van der Waals surface area (Å²) in [5, 5.41) is 30.7. The number of phenolic OH excluding ortho intramolecular Hbond substituents is 2. The molecule has 0 aliphatic heterocycles. The Morgan fingerprint density at radius 3 is 2.59 bits per heavy atom. The molecule has 0 saturated carbocycles. The first-order chi connectivity index (χ1) is 13.6. The number of carbonyl (C=O) groups is 1. The van der Waals surface area contributed by atoms with Crippen LogP contribution < -0.4 is 4.72 Å². The van der Waals surface area contributed by atoms with Gasteiger partial charge in [-0.1, -0.05) is 31.4 Å². The van der Waals surface area contributed by atoms with Crippen molar-refractivity contribution < 1.29 is 28.5 Å². The molecule has 8 heteroatoms. The van der Waals surface area contributed by atoms with E-state index in [2.05, 4.69) is 4.72 Å². The van der Waals surface area contributed by atoms with Crippen LogP contribution in [0.25, 0.3) is 0 Å². The number of aryl methyl sites for hydroxylation is 1.